The van der Waals surface area contributed by atoms with Crippen LogP contribution >= 0.6 is 23.5 Å². The molecule has 2 saturated heterocycles. The number of nitrogens with one attached hydrogen (secondary N) is 1. The van der Waals surface area contributed by atoms with Crippen LogP contribution < -0.4 is 16.5 Å². The summed E-state index contributed by atoms with van der Waals surface area (Å²) in [7, 11) is 0. The van der Waals surface area contributed by atoms with Crippen molar-refractivity contribution in [1.82, 2.24) is 15.1 Å². The molecule has 1 unspecified atom stereocenters. The molecule has 10 nitrogen and oxygen atoms in total. The van der Waals surface area contributed by atoms with Gasteiger partial charge < -0.3 is 26.0 Å². The highest BCUT2D eigenvalue weighted by Crippen LogP contribution is 2.50. The fraction of sp³-hybridized carbons (Fsp3) is 0.409. The van der Waals surface area contributed by atoms with Gasteiger partial charge in [-0.1, -0.05) is 48.2 Å². The molecule has 6 N–H and O–H groups in total. The predicted molar refractivity (Wildman–Crippen MR) is 134 cm³/mol. The van der Waals surface area contributed by atoms with Gasteiger partial charge in [0.05, 0.1) is 17.7 Å². The van der Waals surface area contributed by atoms with Crippen LogP contribution in [0.2, 0.25) is 0 Å². The van der Waals surface area contributed by atoms with E-state index in [9.17, 15) is 19.5 Å². The van der Waals surface area contributed by atoms with Crippen LogP contribution in [0.15, 0.2) is 48.0 Å². The van der Waals surface area contributed by atoms with Crippen LogP contribution in [0.25, 0.3) is 0 Å². The molecule has 0 aliphatic carbocycles. The number of carbonyl (C=O) groups excluding carboxylic acids is 3. The molecular formula is C22H29N6O4S2+. The number of hydrogen-bond acceptors (Lipinski definition) is 6. The van der Waals surface area contributed by atoms with Crippen LogP contribution in [0.4, 0.5) is 0 Å². The Morgan fingerprint density at radius 3 is 2.82 bits per heavy atom. The Bertz CT molecular complexity index is 991. The van der Waals surface area contributed by atoms with Crippen molar-refractivity contribution in [3.05, 3.63) is 48.6 Å². The van der Waals surface area contributed by atoms with Gasteiger partial charge >= 0.3 is 0 Å². The first-order valence-corrected chi connectivity index (χ1v) is 12.6. The average molecular weight is 506 g/mol. The molecule has 12 heteroatoms. The lowest BCUT2D eigenvalue weighted by molar-refractivity contribution is -0.166. The van der Waals surface area contributed by atoms with E-state index in [0.29, 0.717) is 6.54 Å². The van der Waals surface area contributed by atoms with E-state index < -0.39 is 34.9 Å². The highest BCUT2D eigenvalue weighted by Gasteiger charge is 2.65. The van der Waals surface area contributed by atoms with E-state index in [1.807, 2.05) is 37.3 Å². The lowest BCUT2D eigenvalue weighted by Gasteiger charge is -2.52. The van der Waals surface area contributed by atoms with Crippen molar-refractivity contribution in [2.75, 3.05) is 18.2 Å². The number of rotatable bonds is 10. The maximum atomic E-state index is 13.3. The standard InChI is InChI=1S/C22H28N6O4S2/c1-3-9-28-20(32)18-22(28,2)34-13-27(18)19(31)17(30)15(10-14-7-5-4-6-8-14)26-16(29)11-33-21(24)25-12-23/h3-8,12,15,17-18,30H,1,9-11,13H2,2H3,(H,26,29)(H3,23,24,25)/p+1/t15-,17-,18+,22?/m0/s1. The van der Waals surface area contributed by atoms with Crippen LogP contribution in [-0.4, -0.2) is 85.4 Å². The summed E-state index contributed by atoms with van der Waals surface area (Å²) in [6.07, 6.45) is 1.36. The van der Waals surface area contributed by atoms with Crippen molar-refractivity contribution in [2.45, 2.75) is 36.4 Å². The quantitative estimate of drug-likeness (QED) is 0.131. The zero-order chi connectivity index (χ0) is 24.9. The maximum absolute atomic E-state index is 13.3. The third-order valence-electron chi connectivity index (χ3n) is 5.78. The van der Waals surface area contributed by atoms with E-state index in [2.05, 4.69) is 16.9 Å². The molecule has 0 aromatic heterocycles. The average Bonchev–Trinajstić information content (AvgIpc) is 3.14. The second-order valence-corrected chi connectivity index (χ2v) is 10.4. The van der Waals surface area contributed by atoms with Crippen LogP contribution in [0, 0.1) is 0 Å². The van der Waals surface area contributed by atoms with Crippen LogP contribution in [-0.2, 0) is 20.8 Å². The van der Waals surface area contributed by atoms with Crippen molar-refractivity contribution in [3.63, 3.8) is 0 Å². The summed E-state index contributed by atoms with van der Waals surface area (Å²) in [5.74, 6) is -1.00. The number of aliphatic hydroxyl groups is 1. The summed E-state index contributed by atoms with van der Waals surface area (Å²) in [5, 5.41) is 19.1. The number of aliphatic imine (C=N–C) groups is 1. The zero-order valence-corrected chi connectivity index (χ0v) is 20.4. The summed E-state index contributed by atoms with van der Waals surface area (Å²) in [6.45, 7) is 5.97. The highest BCUT2D eigenvalue weighted by atomic mass is 32.2. The van der Waals surface area contributed by atoms with Crippen molar-refractivity contribution in [1.29, 1.82) is 0 Å². The molecule has 182 valence electrons. The third kappa shape index (κ3) is 5.29. The molecule has 34 heavy (non-hydrogen) atoms. The maximum Gasteiger partial charge on any atom is 0.280 e. The largest absolute Gasteiger partial charge is 0.381 e. The lowest BCUT2D eigenvalue weighted by Crippen LogP contribution is -2.73. The number of amidine groups is 1. The summed E-state index contributed by atoms with van der Waals surface area (Å²) < 4.78 is 0. The molecule has 2 fully saturated rings. The normalized spacial score (nSPS) is 23.5. The van der Waals surface area contributed by atoms with Crippen LogP contribution in [0.3, 0.4) is 0 Å². The minimum atomic E-state index is -1.54. The Hall–Kier alpha value is -2.83. The molecule has 2 heterocycles. The Morgan fingerprint density at radius 1 is 1.47 bits per heavy atom. The van der Waals surface area contributed by atoms with Gasteiger partial charge in [0.15, 0.2) is 6.10 Å². The van der Waals surface area contributed by atoms with Crippen molar-refractivity contribution >= 4 is 52.8 Å². The van der Waals surface area contributed by atoms with Crippen molar-refractivity contribution in [2.24, 2.45) is 10.7 Å². The first-order chi connectivity index (χ1) is 16.2. The second kappa shape index (κ2) is 11.1. The van der Waals surface area contributed by atoms with E-state index in [1.165, 1.54) is 16.7 Å². The zero-order valence-electron chi connectivity index (χ0n) is 18.8. The van der Waals surface area contributed by atoms with Gasteiger partial charge in [0.2, 0.25) is 11.8 Å². The molecule has 3 amide bonds. The molecule has 1 aromatic rings. The number of carbonyl (C=O) groups is 3. The van der Waals surface area contributed by atoms with Crippen molar-refractivity contribution < 1.29 is 24.9 Å². The number of fused-ring (bicyclic) bond motifs is 1. The fourth-order valence-corrected chi connectivity index (χ4v) is 5.95. The van der Waals surface area contributed by atoms with Gasteiger partial charge in [0.1, 0.15) is 10.9 Å². The smallest absolute Gasteiger partial charge is 0.280 e. The molecule has 4 atom stereocenters. The Balaban J connectivity index is 1.73. The molecule has 0 bridgehead atoms. The highest BCUT2D eigenvalue weighted by molar-refractivity contribution is 8.14. The van der Waals surface area contributed by atoms with Gasteiger partial charge in [0, 0.05) is 6.54 Å². The number of likely N-dealkylation sites (tertiary alicyclic amines) is 1. The number of nitrogens with two attached hydrogens (primary N) is 2. The first-order valence-electron chi connectivity index (χ1n) is 10.6. The number of nitrogens with zero attached hydrogens (tertiary/aromatic N) is 3. The molecule has 0 saturated carbocycles. The summed E-state index contributed by atoms with van der Waals surface area (Å²) >= 11 is 2.45. The second-order valence-electron chi connectivity index (χ2n) is 7.99. The summed E-state index contributed by atoms with van der Waals surface area (Å²) in [6, 6.07) is 7.65. The minimum absolute atomic E-state index is 0.0648. The SMILES string of the molecule is C=CCN1C(=O)[C@H]2N(C(=O)[C@@H](O)[C@H](Cc3ccccc3)NC(=O)CSC(N)=NC=[NH2+])CSC21C. The molecule has 0 radical (unpaired) electrons. The minimum Gasteiger partial charge on any atom is -0.381 e. The van der Waals surface area contributed by atoms with Crippen LogP contribution in [0.5, 0.6) is 0 Å². The van der Waals surface area contributed by atoms with E-state index in [-0.39, 0.29) is 29.1 Å². The van der Waals surface area contributed by atoms with E-state index in [1.54, 1.807) is 11.0 Å². The first kappa shape index (κ1) is 25.8. The molecule has 3 rings (SSSR count). The van der Waals surface area contributed by atoms with Gasteiger partial charge in [-0.3, -0.25) is 19.8 Å². The van der Waals surface area contributed by atoms with Crippen LogP contribution in [0.1, 0.15) is 12.5 Å². The number of benzene rings is 1. The lowest BCUT2D eigenvalue weighted by atomic mass is 9.93. The topological polar surface area (TPSA) is 154 Å². The summed E-state index contributed by atoms with van der Waals surface area (Å²) in [4.78, 5) is 44.8. The number of amides is 3. The number of thioether (sulfide) groups is 2. The monoisotopic (exact) mass is 505 g/mol. The van der Waals surface area contributed by atoms with E-state index >= 15 is 0 Å². The number of β-lactam (4-membered cyclic amide) rings is 1. The summed E-state index contributed by atoms with van der Waals surface area (Å²) in [5.41, 5.74) is 6.47. The van der Waals surface area contributed by atoms with E-state index in [4.69, 9.17) is 11.1 Å². The Morgan fingerprint density at radius 2 is 2.18 bits per heavy atom. The van der Waals surface area contributed by atoms with Gasteiger partial charge in [-0.2, -0.15) is 0 Å². The number of hydrogen-bond donors (Lipinski definition) is 4. The molecule has 0 spiro atoms. The van der Waals surface area contributed by atoms with Gasteiger partial charge in [-0.15, -0.1) is 18.3 Å². The Labute approximate surface area is 206 Å². The predicted octanol–water partition coefficient (Wildman–Crippen LogP) is -1.44. The van der Waals surface area contributed by atoms with Gasteiger partial charge in [0.25, 0.3) is 17.4 Å². The van der Waals surface area contributed by atoms with E-state index in [0.717, 1.165) is 23.7 Å². The van der Waals surface area contributed by atoms with Gasteiger partial charge in [-0.25, -0.2) is 0 Å². The number of aliphatic hydroxyl groups excluding tert-OH is 1. The molecular weight excluding hydrogens is 476 g/mol. The molecule has 2 aliphatic rings. The Kier molecular flexibility index (Phi) is 8.39. The van der Waals surface area contributed by atoms with Crippen molar-refractivity contribution in [3.8, 4) is 0 Å². The molecule has 1 aromatic carbocycles. The fourth-order valence-electron chi connectivity index (χ4n) is 4.07. The van der Waals surface area contributed by atoms with Gasteiger partial charge in [-0.05, 0) is 23.9 Å². The molecule has 2 aliphatic heterocycles. The third-order valence-corrected chi connectivity index (χ3v) is 8.02.